The summed E-state index contributed by atoms with van der Waals surface area (Å²) in [6.45, 7) is 0.439. The molecule has 2 aromatic rings. The Balaban J connectivity index is 1.93. The molecule has 0 radical (unpaired) electrons. The van der Waals surface area contributed by atoms with Crippen LogP contribution in [-0.2, 0) is 12.6 Å². The fourth-order valence-corrected chi connectivity index (χ4v) is 1.83. The number of furan rings is 1. The number of nitrogens with one attached hydrogen (secondary N) is 1. The summed E-state index contributed by atoms with van der Waals surface area (Å²) in [4.78, 5) is 3.50. The third-order valence-corrected chi connectivity index (χ3v) is 2.77. The van der Waals surface area contributed by atoms with Gasteiger partial charge in [0.2, 0.25) is 0 Å². The molecule has 0 spiro atoms. The number of halogens is 4. The fourth-order valence-electron chi connectivity index (χ4n) is 1.49. The zero-order valence-corrected chi connectivity index (χ0v) is 11.3. The number of pyridine rings is 1. The molecule has 2 heterocycles. The Bertz CT molecular complexity index is 554. The zero-order valence-electron chi connectivity index (χ0n) is 9.67. The second-order valence-corrected chi connectivity index (χ2v) is 4.57. The van der Waals surface area contributed by atoms with Crippen LogP contribution in [0.2, 0.25) is 0 Å². The minimum atomic E-state index is -4.43. The van der Waals surface area contributed by atoms with Gasteiger partial charge in [0.1, 0.15) is 17.3 Å². The molecule has 0 aromatic carbocycles. The maximum absolute atomic E-state index is 12.4. The third kappa shape index (κ3) is 3.99. The first-order chi connectivity index (χ1) is 8.95. The normalized spacial score (nSPS) is 11.6. The second-order valence-electron chi connectivity index (χ2n) is 3.79. The summed E-state index contributed by atoms with van der Waals surface area (Å²) < 4.78 is 43.2. The monoisotopic (exact) mass is 334 g/mol. The lowest BCUT2D eigenvalue weighted by molar-refractivity contribution is -0.141. The van der Waals surface area contributed by atoms with E-state index in [0.29, 0.717) is 17.6 Å². The largest absolute Gasteiger partial charge is 0.454 e. The predicted octanol–water partition coefficient (Wildman–Crippen LogP) is 4.11. The molecule has 0 saturated carbocycles. The van der Waals surface area contributed by atoms with Crippen LogP contribution in [0.15, 0.2) is 39.4 Å². The standard InChI is InChI=1S/C12H10BrF3N2O/c13-10-5-4-8(19-10)6-7-17-11-3-1-2-9(18-11)12(14,15)16/h1-5H,6-7H2,(H,17,18). The smallest absolute Gasteiger partial charge is 0.433 e. The van der Waals surface area contributed by atoms with Crippen molar-refractivity contribution in [3.05, 3.63) is 46.5 Å². The van der Waals surface area contributed by atoms with E-state index in [1.165, 1.54) is 12.1 Å². The number of hydrogen-bond acceptors (Lipinski definition) is 3. The van der Waals surface area contributed by atoms with Crippen LogP contribution in [0.4, 0.5) is 19.0 Å². The van der Waals surface area contributed by atoms with Crippen molar-refractivity contribution in [2.24, 2.45) is 0 Å². The van der Waals surface area contributed by atoms with Gasteiger partial charge < -0.3 is 9.73 Å². The van der Waals surface area contributed by atoms with Crippen molar-refractivity contribution in [1.29, 1.82) is 0 Å². The van der Waals surface area contributed by atoms with Gasteiger partial charge in [-0.3, -0.25) is 0 Å². The zero-order chi connectivity index (χ0) is 13.9. The highest BCUT2D eigenvalue weighted by atomic mass is 79.9. The molecule has 2 aromatic heterocycles. The van der Waals surface area contributed by atoms with E-state index in [1.807, 2.05) is 0 Å². The summed E-state index contributed by atoms with van der Waals surface area (Å²) in [6, 6.07) is 7.31. The molecule has 0 saturated heterocycles. The number of alkyl halides is 3. The lowest BCUT2D eigenvalue weighted by Gasteiger charge is -2.08. The molecular weight excluding hydrogens is 325 g/mol. The number of anilines is 1. The van der Waals surface area contributed by atoms with Crippen LogP contribution in [0, 0.1) is 0 Å². The highest BCUT2D eigenvalue weighted by molar-refractivity contribution is 9.10. The second kappa shape index (κ2) is 5.64. The van der Waals surface area contributed by atoms with E-state index in [-0.39, 0.29) is 5.82 Å². The molecule has 0 bridgehead atoms. The SMILES string of the molecule is FC(F)(F)c1cccc(NCCc2ccc(Br)o2)n1. The maximum atomic E-state index is 12.4. The molecule has 0 aliphatic heterocycles. The molecule has 19 heavy (non-hydrogen) atoms. The number of rotatable bonds is 4. The first-order valence-electron chi connectivity index (χ1n) is 5.47. The molecule has 1 N–H and O–H groups in total. The minimum absolute atomic E-state index is 0.195. The van der Waals surface area contributed by atoms with E-state index in [4.69, 9.17) is 4.42 Å². The Hall–Kier alpha value is -1.50. The molecule has 0 atom stereocenters. The number of nitrogens with zero attached hydrogens (tertiary/aromatic N) is 1. The summed E-state index contributed by atoms with van der Waals surface area (Å²) in [6.07, 6.45) is -3.87. The van der Waals surface area contributed by atoms with Gasteiger partial charge in [0, 0.05) is 13.0 Å². The Morgan fingerprint density at radius 3 is 2.63 bits per heavy atom. The van der Waals surface area contributed by atoms with Crippen molar-refractivity contribution in [3.8, 4) is 0 Å². The van der Waals surface area contributed by atoms with E-state index in [9.17, 15) is 13.2 Å². The molecule has 3 nitrogen and oxygen atoms in total. The Morgan fingerprint density at radius 2 is 2.00 bits per heavy atom. The Morgan fingerprint density at radius 1 is 1.21 bits per heavy atom. The van der Waals surface area contributed by atoms with Crippen molar-refractivity contribution in [2.45, 2.75) is 12.6 Å². The molecule has 0 amide bonds. The highest BCUT2D eigenvalue weighted by Gasteiger charge is 2.32. The summed E-state index contributed by atoms with van der Waals surface area (Å²) in [5, 5.41) is 2.83. The van der Waals surface area contributed by atoms with Gasteiger partial charge in [-0.25, -0.2) is 4.98 Å². The maximum Gasteiger partial charge on any atom is 0.433 e. The molecular formula is C12H10BrF3N2O. The van der Waals surface area contributed by atoms with Crippen LogP contribution in [0.25, 0.3) is 0 Å². The van der Waals surface area contributed by atoms with E-state index in [0.717, 1.165) is 11.8 Å². The van der Waals surface area contributed by atoms with Gasteiger partial charge in [-0.05, 0) is 40.2 Å². The average molecular weight is 335 g/mol. The van der Waals surface area contributed by atoms with E-state index in [1.54, 1.807) is 12.1 Å². The number of hydrogen-bond donors (Lipinski definition) is 1. The van der Waals surface area contributed by atoms with E-state index < -0.39 is 11.9 Å². The van der Waals surface area contributed by atoms with Crippen molar-refractivity contribution in [1.82, 2.24) is 4.98 Å². The van der Waals surface area contributed by atoms with Crippen LogP contribution in [0.1, 0.15) is 11.5 Å². The van der Waals surface area contributed by atoms with Gasteiger partial charge >= 0.3 is 6.18 Å². The van der Waals surface area contributed by atoms with Gasteiger partial charge in [0.15, 0.2) is 4.67 Å². The molecule has 2 rings (SSSR count). The van der Waals surface area contributed by atoms with Crippen molar-refractivity contribution in [2.75, 3.05) is 11.9 Å². The van der Waals surface area contributed by atoms with Gasteiger partial charge in [0.25, 0.3) is 0 Å². The minimum Gasteiger partial charge on any atom is -0.454 e. The van der Waals surface area contributed by atoms with Crippen LogP contribution in [0.5, 0.6) is 0 Å². The average Bonchev–Trinajstić information content (AvgIpc) is 2.74. The fraction of sp³-hybridized carbons (Fsp3) is 0.250. The topological polar surface area (TPSA) is 38.1 Å². The summed E-state index contributed by atoms with van der Waals surface area (Å²) >= 11 is 3.18. The van der Waals surface area contributed by atoms with Gasteiger partial charge in [-0.15, -0.1) is 0 Å². The summed E-state index contributed by atoms with van der Waals surface area (Å²) in [5.74, 6) is 0.937. The summed E-state index contributed by atoms with van der Waals surface area (Å²) in [5.41, 5.74) is -0.904. The molecule has 0 fully saturated rings. The Labute approximate surface area is 116 Å². The van der Waals surface area contributed by atoms with E-state index >= 15 is 0 Å². The van der Waals surface area contributed by atoms with Crippen molar-refractivity contribution in [3.63, 3.8) is 0 Å². The molecule has 0 unspecified atom stereocenters. The lowest BCUT2D eigenvalue weighted by Crippen LogP contribution is -2.11. The first-order valence-corrected chi connectivity index (χ1v) is 6.27. The van der Waals surface area contributed by atoms with E-state index in [2.05, 4.69) is 26.2 Å². The molecule has 0 aliphatic carbocycles. The quantitative estimate of drug-likeness (QED) is 0.914. The summed E-state index contributed by atoms with van der Waals surface area (Å²) in [7, 11) is 0. The first kappa shape index (κ1) is 13.9. The number of aromatic nitrogens is 1. The van der Waals surface area contributed by atoms with Crippen LogP contribution in [0.3, 0.4) is 0 Å². The molecule has 102 valence electrons. The molecule has 0 aliphatic rings. The third-order valence-electron chi connectivity index (χ3n) is 2.35. The van der Waals surface area contributed by atoms with Gasteiger partial charge in [-0.2, -0.15) is 13.2 Å². The van der Waals surface area contributed by atoms with Crippen molar-refractivity contribution >= 4 is 21.7 Å². The lowest BCUT2D eigenvalue weighted by atomic mass is 10.3. The van der Waals surface area contributed by atoms with Crippen LogP contribution < -0.4 is 5.32 Å². The van der Waals surface area contributed by atoms with Gasteiger partial charge in [-0.1, -0.05) is 6.07 Å². The molecule has 7 heteroatoms. The van der Waals surface area contributed by atoms with Crippen molar-refractivity contribution < 1.29 is 17.6 Å². The van der Waals surface area contributed by atoms with Gasteiger partial charge in [0.05, 0.1) is 0 Å². The van der Waals surface area contributed by atoms with Crippen LogP contribution in [-0.4, -0.2) is 11.5 Å². The highest BCUT2D eigenvalue weighted by Crippen LogP contribution is 2.28. The van der Waals surface area contributed by atoms with Crippen LogP contribution >= 0.6 is 15.9 Å². The Kier molecular flexibility index (Phi) is 4.14. The predicted molar refractivity (Wildman–Crippen MR) is 67.8 cm³/mol.